The molecular formula is C14H19F2NO. The number of rotatable bonds is 6. The first-order chi connectivity index (χ1) is 8.36. The molecule has 0 spiro atoms. The molecule has 0 amide bonds. The zero-order valence-electron chi connectivity index (χ0n) is 10.6. The summed E-state index contributed by atoms with van der Waals surface area (Å²) in [6.45, 7) is 0.260. The number of aryl methyl sites for hydroxylation is 1. The predicted molar refractivity (Wildman–Crippen MR) is 67.0 cm³/mol. The first-order valence-corrected chi connectivity index (χ1v) is 6.25. The minimum Gasteiger partial charge on any atom is -0.487 e. The van der Waals surface area contributed by atoms with Gasteiger partial charge in [0, 0.05) is 12.5 Å². The highest BCUT2D eigenvalue weighted by Crippen LogP contribution is 2.36. The first-order valence-electron chi connectivity index (χ1n) is 6.25. The SMILES string of the molecule is CC(F)(F)COc1ccc(CCC2(N)CC2)cc1. The molecule has 1 fully saturated rings. The van der Waals surface area contributed by atoms with Crippen LogP contribution in [0, 0.1) is 0 Å². The van der Waals surface area contributed by atoms with Crippen LogP contribution in [0.1, 0.15) is 31.7 Å². The molecule has 2 rings (SSSR count). The number of hydrogen-bond acceptors (Lipinski definition) is 2. The second kappa shape index (κ2) is 4.84. The standard InChI is InChI=1S/C14H19F2NO/c1-13(15,16)10-18-12-4-2-11(3-5-12)6-7-14(17)8-9-14/h2-5H,6-10,17H2,1H3. The molecule has 0 saturated heterocycles. The van der Waals surface area contributed by atoms with Crippen LogP contribution in [0.3, 0.4) is 0 Å². The van der Waals surface area contributed by atoms with E-state index in [1.54, 1.807) is 12.1 Å². The summed E-state index contributed by atoms with van der Waals surface area (Å²) in [5.41, 5.74) is 7.24. The number of nitrogens with two attached hydrogens (primary N) is 1. The molecule has 1 saturated carbocycles. The van der Waals surface area contributed by atoms with E-state index in [0.717, 1.165) is 32.6 Å². The molecule has 1 aromatic carbocycles. The number of benzene rings is 1. The van der Waals surface area contributed by atoms with Crippen LogP contribution in [0.5, 0.6) is 5.75 Å². The topological polar surface area (TPSA) is 35.2 Å². The Hall–Kier alpha value is -1.16. The fourth-order valence-corrected chi connectivity index (χ4v) is 1.77. The van der Waals surface area contributed by atoms with Crippen molar-refractivity contribution in [3.05, 3.63) is 29.8 Å². The van der Waals surface area contributed by atoms with Gasteiger partial charge in [-0.2, -0.15) is 0 Å². The molecule has 0 bridgehead atoms. The summed E-state index contributed by atoms with van der Waals surface area (Å²) in [7, 11) is 0. The summed E-state index contributed by atoms with van der Waals surface area (Å²) in [6, 6.07) is 7.29. The Bertz CT molecular complexity index is 365. The summed E-state index contributed by atoms with van der Waals surface area (Å²) in [5, 5.41) is 0. The van der Waals surface area contributed by atoms with Gasteiger partial charge in [0.05, 0.1) is 0 Å². The lowest BCUT2D eigenvalue weighted by Crippen LogP contribution is -2.22. The number of ether oxygens (including phenoxy) is 1. The predicted octanol–water partition coefficient (Wildman–Crippen LogP) is 3.14. The molecule has 0 unspecified atom stereocenters. The third-order valence-corrected chi connectivity index (χ3v) is 3.22. The third kappa shape index (κ3) is 4.26. The molecule has 4 heteroatoms. The average Bonchev–Trinajstić information content (AvgIpc) is 3.03. The van der Waals surface area contributed by atoms with Crippen LogP contribution in [0.2, 0.25) is 0 Å². The Morgan fingerprint density at radius 2 is 1.89 bits per heavy atom. The molecule has 1 aliphatic carbocycles. The average molecular weight is 255 g/mol. The van der Waals surface area contributed by atoms with Crippen molar-refractivity contribution in [3.8, 4) is 5.75 Å². The van der Waals surface area contributed by atoms with E-state index in [0.29, 0.717) is 5.75 Å². The van der Waals surface area contributed by atoms with E-state index in [2.05, 4.69) is 0 Å². The fourth-order valence-electron chi connectivity index (χ4n) is 1.77. The Labute approximate surface area is 106 Å². The molecule has 0 aliphatic heterocycles. The van der Waals surface area contributed by atoms with Gasteiger partial charge >= 0.3 is 0 Å². The fraction of sp³-hybridized carbons (Fsp3) is 0.571. The van der Waals surface area contributed by atoms with E-state index in [1.807, 2.05) is 12.1 Å². The molecule has 2 nitrogen and oxygen atoms in total. The Kier molecular flexibility index (Phi) is 3.57. The zero-order valence-corrected chi connectivity index (χ0v) is 10.6. The summed E-state index contributed by atoms with van der Waals surface area (Å²) < 4.78 is 30.2. The normalized spacial score (nSPS) is 17.6. The van der Waals surface area contributed by atoms with Crippen LogP contribution >= 0.6 is 0 Å². The van der Waals surface area contributed by atoms with Gasteiger partial charge in [-0.05, 0) is 43.4 Å². The Morgan fingerprint density at radius 1 is 1.28 bits per heavy atom. The second-order valence-corrected chi connectivity index (χ2v) is 5.37. The van der Waals surface area contributed by atoms with E-state index in [1.165, 1.54) is 5.56 Å². The summed E-state index contributed by atoms with van der Waals surface area (Å²) >= 11 is 0. The van der Waals surface area contributed by atoms with Crippen molar-refractivity contribution in [3.63, 3.8) is 0 Å². The maximum Gasteiger partial charge on any atom is 0.278 e. The summed E-state index contributed by atoms with van der Waals surface area (Å²) in [4.78, 5) is 0. The highest BCUT2D eigenvalue weighted by Gasteiger charge is 2.37. The van der Waals surface area contributed by atoms with Crippen LogP contribution < -0.4 is 10.5 Å². The number of hydrogen-bond donors (Lipinski definition) is 1. The quantitative estimate of drug-likeness (QED) is 0.847. The van der Waals surface area contributed by atoms with Crippen molar-refractivity contribution in [1.29, 1.82) is 0 Å². The van der Waals surface area contributed by atoms with Crippen LogP contribution in [-0.4, -0.2) is 18.1 Å². The van der Waals surface area contributed by atoms with Gasteiger partial charge < -0.3 is 10.5 Å². The molecule has 0 radical (unpaired) electrons. The molecule has 100 valence electrons. The van der Waals surface area contributed by atoms with E-state index in [9.17, 15) is 8.78 Å². The molecule has 2 N–H and O–H groups in total. The van der Waals surface area contributed by atoms with E-state index < -0.39 is 12.5 Å². The first kappa shape index (κ1) is 13.3. The molecule has 0 heterocycles. The molecule has 1 aliphatic rings. The molecule has 0 atom stereocenters. The summed E-state index contributed by atoms with van der Waals surface area (Å²) in [5.74, 6) is -2.31. The third-order valence-electron chi connectivity index (χ3n) is 3.22. The molecular weight excluding hydrogens is 236 g/mol. The van der Waals surface area contributed by atoms with Gasteiger partial charge in [-0.25, -0.2) is 8.78 Å². The highest BCUT2D eigenvalue weighted by atomic mass is 19.3. The van der Waals surface area contributed by atoms with Crippen molar-refractivity contribution >= 4 is 0 Å². The number of halogens is 2. The van der Waals surface area contributed by atoms with Crippen molar-refractivity contribution in [2.75, 3.05) is 6.61 Å². The van der Waals surface area contributed by atoms with Gasteiger partial charge in [-0.3, -0.25) is 0 Å². The van der Waals surface area contributed by atoms with E-state index in [-0.39, 0.29) is 5.54 Å². The smallest absolute Gasteiger partial charge is 0.278 e. The van der Waals surface area contributed by atoms with Crippen molar-refractivity contribution in [2.45, 2.75) is 44.1 Å². The van der Waals surface area contributed by atoms with Gasteiger partial charge in [-0.1, -0.05) is 12.1 Å². The molecule has 18 heavy (non-hydrogen) atoms. The maximum absolute atomic E-state index is 12.6. The van der Waals surface area contributed by atoms with E-state index >= 15 is 0 Å². The van der Waals surface area contributed by atoms with Crippen molar-refractivity contribution in [2.24, 2.45) is 5.73 Å². The summed E-state index contributed by atoms with van der Waals surface area (Å²) in [6.07, 6.45) is 4.14. The highest BCUT2D eigenvalue weighted by molar-refractivity contribution is 5.27. The zero-order chi connectivity index (χ0) is 13.2. The van der Waals surface area contributed by atoms with Gasteiger partial charge in [-0.15, -0.1) is 0 Å². The van der Waals surface area contributed by atoms with Gasteiger partial charge in [0.2, 0.25) is 0 Å². The van der Waals surface area contributed by atoms with Crippen molar-refractivity contribution < 1.29 is 13.5 Å². The largest absolute Gasteiger partial charge is 0.487 e. The molecule has 0 aromatic heterocycles. The van der Waals surface area contributed by atoms with Gasteiger partial charge in [0.1, 0.15) is 5.75 Å². The Balaban J connectivity index is 1.81. The Morgan fingerprint density at radius 3 is 2.39 bits per heavy atom. The van der Waals surface area contributed by atoms with Crippen LogP contribution in [0.4, 0.5) is 8.78 Å². The molecule has 1 aromatic rings. The lowest BCUT2D eigenvalue weighted by atomic mass is 10.0. The van der Waals surface area contributed by atoms with Crippen LogP contribution in [0.15, 0.2) is 24.3 Å². The van der Waals surface area contributed by atoms with Crippen LogP contribution in [-0.2, 0) is 6.42 Å². The van der Waals surface area contributed by atoms with Gasteiger partial charge in [0.15, 0.2) is 6.61 Å². The lowest BCUT2D eigenvalue weighted by Gasteiger charge is -2.12. The lowest BCUT2D eigenvalue weighted by molar-refractivity contribution is -0.0229. The second-order valence-electron chi connectivity index (χ2n) is 5.37. The van der Waals surface area contributed by atoms with E-state index in [4.69, 9.17) is 10.5 Å². The van der Waals surface area contributed by atoms with Gasteiger partial charge in [0.25, 0.3) is 5.92 Å². The minimum atomic E-state index is -2.80. The monoisotopic (exact) mass is 255 g/mol. The maximum atomic E-state index is 12.6. The number of alkyl halides is 2. The van der Waals surface area contributed by atoms with Crippen molar-refractivity contribution in [1.82, 2.24) is 0 Å². The van der Waals surface area contributed by atoms with Crippen LogP contribution in [0.25, 0.3) is 0 Å². The minimum absolute atomic E-state index is 0.0550.